The topological polar surface area (TPSA) is 66.5 Å². The van der Waals surface area contributed by atoms with E-state index in [2.05, 4.69) is 5.32 Å². The Labute approximate surface area is 160 Å². The number of carbonyl (C=O) groups is 1. The molecule has 2 heterocycles. The lowest BCUT2D eigenvalue weighted by Gasteiger charge is -2.24. The Balaban J connectivity index is 1.75. The molecule has 0 spiro atoms. The van der Waals surface area contributed by atoms with E-state index in [1.165, 1.54) is 22.5 Å². The quantitative estimate of drug-likeness (QED) is 0.810. The van der Waals surface area contributed by atoms with Crippen molar-refractivity contribution in [1.82, 2.24) is 9.62 Å². The van der Waals surface area contributed by atoms with Crippen molar-refractivity contribution >= 4 is 38.9 Å². The third-order valence-corrected chi connectivity index (χ3v) is 7.94. The molecular weight excluding hydrogens is 399 g/mol. The minimum atomic E-state index is -3.68. The fourth-order valence-corrected chi connectivity index (χ4v) is 5.96. The van der Waals surface area contributed by atoms with Crippen LogP contribution in [-0.4, -0.2) is 31.2 Å². The van der Waals surface area contributed by atoms with Crippen molar-refractivity contribution in [1.29, 1.82) is 0 Å². The van der Waals surface area contributed by atoms with Gasteiger partial charge < -0.3 is 5.32 Å². The zero-order chi connectivity index (χ0) is 18.9. The Morgan fingerprint density at radius 2 is 2.19 bits per heavy atom. The highest BCUT2D eigenvalue weighted by atomic mass is 35.5. The maximum absolute atomic E-state index is 13.3. The largest absolute Gasteiger partial charge is 0.348 e. The van der Waals surface area contributed by atoms with E-state index in [0.29, 0.717) is 24.9 Å². The molecule has 0 bridgehead atoms. The first-order valence-corrected chi connectivity index (χ1v) is 10.8. The van der Waals surface area contributed by atoms with Crippen molar-refractivity contribution in [2.75, 3.05) is 6.54 Å². The van der Waals surface area contributed by atoms with E-state index in [0.717, 1.165) is 11.3 Å². The van der Waals surface area contributed by atoms with Crippen LogP contribution < -0.4 is 5.32 Å². The molecule has 2 aromatic rings. The normalized spacial score (nSPS) is 19.4. The van der Waals surface area contributed by atoms with E-state index >= 15 is 0 Å². The van der Waals surface area contributed by atoms with Crippen LogP contribution in [0.1, 0.15) is 31.4 Å². The second-order valence-corrected chi connectivity index (χ2v) is 9.58. The van der Waals surface area contributed by atoms with Crippen LogP contribution in [0.15, 0.2) is 39.9 Å². The maximum atomic E-state index is 13.3. The third-order valence-electron chi connectivity index (χ3n) is 4.37. The number of benzene rings is 1. The van der Waals surface area contributed by atoms with E-state index in [9.17, 15) is 17.6 Å². The highest BCUT2D eigenvalue weighted by Crippen LogP contribution is 2.29. The van der Waals surface area contributed by atoms with Crippen molar-refractivity contribution in [2.24, 2.45) is 0 Å². The van der Waals surface area contributed by atoms with Crippen molar-refractivity contribution in [3.63, 3.8) is 0 Å². The van der Waals surface area contributed by atoms with E-state index < -0.39 is 27.9 Å². The number of carbonyl (C=O) groups excluding carboxylic acids is 1. The summed E-state index contributed by atoms with van der Waals surface area (Å²) in [5.41, 5.74) is 0.649. The van der Waals surface area contributed by atoms with Crippen LogP contribution in [0.3, 0.4) is 0 Å². The van der Waals surface area contributed by atoms with Crippen LogP contribution in [0.5, 0.6) is 0 Å². The highest BCUT2D eigenvalue weighted by molar-refractivity contribution is 7.91. The third kappa shape index (κ3) is 3.78. The molecular formula is C17H18ClFN2O3S2. The summed E-state index contributed by atoms with van der Waals surface area (Å²) in [4.78, 5) is 12.7. The summed E-state index contributed by atoms with van der Waals surface area (Å²) >= 11 is 6.92. The number of sulfonamides is 1. The molecule has 140 valence electrons. The second-order valence-electron chi connectivity index (χ2n) is 6.11. The maximum Gasteiger partial charge on any atom is 0.253 e. The number of hydrogen-bond donors (Lipinski definition) is 1. The van der Waals surface area contributed by atoms with Crippen LogP contribution in [0.2, 0.25) is 5.02 Å². The molecule has 1 aromatic carbocycles. The smallest absolute Gasteiger partial charge is 0.253 e. The van der Waals surface area contributed by atoms with E-state index in [1.807, 2.05) is 0 Å². The molecule has 1 saturated heterocycles. The fraction of sp³-hybridized carbons (Fsp3) is 0.353. The number of amides is 1. The molecule has 1 aliphatic heterocycles. The summed E-state index contributed by atoms with van der Waals surface area (Å²) in [5.74, 6) is -0.895. The number of halogens is 2. The predicted molar refractivity (Wildman–Crippen MR) is 99.2 cm³/mol. The van der Waals surface area contributed by atoms with Crippen LogP contribution in [0.4, 0.5) is 4.39 Å². The summed E-state index contributed by atoms with van der Waals surface area (Å²) < 4.78 is 40.3. The average molecular weight is 417 g/mol. The summed E-state index contributed by atoms with van der Waals surface area (Å²) in [6.07, 6.45) is 1.09. The molecule has 0 radical (unpaired) electrons. The van der Waals surface area contributed by atoms with Gasteiger partial charge in [-0.3, -0.25) is 4.79 Å². The summed E-state index contributed by atoms with van der Waals surface area (Å²) in [5, 5.41) is 4.48. The lowest BCUT2D eigenvalue weighted by atomic mass is 10.1. The Morgan fingerprint density at radius 3 is 2.85 bits per heavy atom. The summed E-state index contributed by atoms with van der Waals surface area (Å²) in [6, 6.07) is 6.27. The molecule has 2 atom stereocenters. The number of nitrogens with one attached hydrogen (secondary N) is 1. The zero-order valence-electron chi connectivity index (χ0n) is 14.0. The summed E-state index contributed by atoms with van der Waals surface area (Å²) in [7, 11) is -3.68. The van der Waals surface area contributed by atoms with Crippen LogP contribution in [0, 0.1) is 5.82 Å². The first-order valence-electron chi connectivity index (χ1n) is 8.11. The van der Waals surface area contributed by atoms with Crippen molar-refractivity contribution in [2.45, 2.75) is 36.1 Å². The summed E-state index contributed by atoms with van der Waals surface area (Å²) in [6.45, 7) is 2.06. The Morgan fingerprint density at radius 1 is 1.42 bits per heavy atom. The van der Waals surface area contributed by atoms with Crippen LogP contribution in [0.25, 0.3) is 0 Å². The molecule has 0 unspecified atom stereocenters. The average Bonchev–Trinajstić information content (AvgIpc) is 3.29. The van der Waals surface area contributed by atoms with Gasteiger partial charge in [-0.25, -0.2) is 12.8 Å². The molecule has 1 N–H and O–H groups in total. The Bertz CT molecular complexity index is 903. The zero-order valence-corrected chi connectivity index (χ0v) is 16.4. The Kier molecular flexibility index (Phi) is 5.67. The minimum absolute atomic E-state index is 0.0219. The van der Waals surface area contributed by atoms with E-state index in [-0.39, 0.29) is 15.1 Å². The SMILES string of the molecule is C[C@H](NC(=O)[C@H]1CCCN1S(=O)(=O)c1cccs1)c1ccc(F)c(Cl)c1. The van der Waals surface area contributed by atoms with E-state index in [4.69, 9.17) is 11.6 Å². The van der Waals surface area contributed by atoms with E-state index in [1.54, 1.807) is 24.4 Å². The molecule has 1 amide bonds. The molecule has 0 aliphatic carbocycles. The van der Waals surface area contributed by atoms with Crippen LogP contribution >= 0.6 is 22.9 Å². The van der Waals surface area contributed by atoms with Gasteiger partial charge in [0.1, 0.15) is 16.1 Å². The van der Waals surface area contributed by atoms with Gasteiger partial charge in [0, 0.05) is 6.54 Å². The predicted octanol–water partition coefficient (Wildman–Crippen LogP) is 3.57. The fourth-order valence-electron chi connectivity index (χ4n) is 2.99. The monoisotopic (exact) mass is 416 g/mol. The molecule has 9 heteroatoms. The van der Waals surface area contributed by atoms with Crippen molar-refractivity contribution in [3.05, 3.63) is 52.1 Å². The lowest BCUT2D eigenvalue weighted by molar-refractivity contribution is -0.124. The standard InChI is InChI=1S/C17H18ClFN2O3S2/c1-11(12-6-7-14(19)13(18)10-12)20-17(22)15-4-2-8-21(15)26(23,24)16-5-3-9-25-16/h3,5-7,9-11,15H,2,4,8H2,1H3,(H,20,22)/t11-,15+/m0/s1. The molecule has 1 fully saturated rings. The highest BCUT2D eigenvalue weighted by Gasteiger charge is 2.40. The van der Waals surface area contributed by atoms with Gasteiger partial charge in [-0.05, 0) is 48.9 Å². The molecule has 0 saturated carbocycles. The first kappa shape index (κ1) is 19.3. The lowest BCUT2D eigenvalue weighted by Crippen LogP contribution is -2.46. The van der Waals surface area contributed by atoms with Crippen molar-refractivity contribution in [3.8, 4) is 0 Å². The van der Waals surface area contributed by atoms with Gasteiger partial charge >= 0.3 is 0 Å². The molecule has 26 heavy (non-hydrogen) atoms. The van der Waals surface area contributed by atoms with Crippen LogP contribution in [-0.2, 0) is 14.8 Å². The van der Waals surface area contributed by atoms with Crippen molar-refractivity contribution < 1.29 is 17.6 Å². The van der Waals surface area contributed by atoms with Gasteiger partial charge in [-0.15, -0.1) is 11.3 Å². The minimum Gasteiger partial charge on any atom is -0.348 e. The van der Waals surface area contributed by atoms with Gasteiger partial charge in [0.2, 0.25) is 5.91 Å². The number of hydrogen-bond acceptors (Lipinski definition) is 4. The number of nitrogens with zero attached hydrogens (tertiary/aromatic N) is 1. The van der Waals surface area contributed by atoms with Gasteiger partial charge in [0.15, 0.2) is 0 Å². The van der Waals surface area contributed by atoms with Gasteiger partial charge in [0.25, 0.3) is 10.0 Å². The molecule has 3 rings (SSSR count). The second kappa shape index (κ2) is 7.64. The van der Waals surface area contributed by atoms with Gasteiger partial charge in [0.05, 0.1) is 11.1 Å². The molecule has 1 aromatic heterocycles. The molecule has 5 nitrogen and oxygen atoms in total. The molecule has 1 aliphatic rings. The Hall–Kier alpha value is -1.48. The van der Waals surface area contributed by atoms with Gasteiger partial charge in [-0.2, -0.15) is 4.31 Å². The number of rotatable bonds is 5. The van der Waals surface area contributed by atoms with Gasteiger partial charge in [-0.1, -0.05) is 23.7 Å². The first-order chi connectivity index (χ1) is 12.3. The number of thiophene rings is 1.